The predicted molar refractivity (Wildman–Crippen MR) is 117 cm³/mol. The van der Waals surface area contributed by atoms with Crippen molar-refractivity contribution in [1.82, 2.24) is 10.3 Å². The van der Waals surface area contributed by atoms with E-state index in [4.69, 9.17) is 9.72 Å². The molecule has 5 nitrogen and oxygen atoms in total. The van der Waals surface area contributed by atoms with Crippen LogP contribution in [0.3, 0.4) is 0 Å². The van der Waals surface area contributed by atoms with Crippen molar-refractivity contribution in [3.63, 3.8) is 0 Å². The smallest absolute Gasteiger partial charge is 0.252 e. The number of para-hydroxylation sites is 1. The molecule has 1 amide bonds. The summed E-state index contributed by atoms with van der Waals surface area (Å²) in [6.07, 6.45) is 4.65. The lowest BCUT2D eigenvalue weighted by Gasteiger charge is -2.29. The van der Waals surface area contributed by atoms with E-state index in [2.05, 4.69) is 17.6 Å². The number of benzene rings is 2. The second kappa shape index (κ2) is 8.52. The molecule has 0 saturated heterocycles. The number of hydrogen-bond acceptors (Lipinski definition) is 4. The highest BCUT2D eigenvalue weighted by Gasteiger charge is 2.24. The first-order valence-corrected chi connectivity index (χ1v) is 10.3. The number of carbonyl (C=O) groups is 1. The molecule has 1 heterocycles. The van der Waals surface area contributed by atoms with Crippen molar-refractivity contribution in [2.75, 3.05) is 12.4 Å². The highest BCUT2D eigenvalue weighted by Crippen LogP contribution is 2.27. The number of amides is 1. The van der Waals surface area contributed by atoms with Gasteiger partial charge in [0, 0.05) is 17.1 Å². The van der Waals surface area contributed by atoms with Gasteiger partial charge in [0.15, 0.2) is 0 Å². The van der Waals surface area contributed by atoms with Crippen LogP contribution in [-0.2, 0) is 0 Å². The van der Waals surface area contributed by atoms with E-state index in [0.29, 0.717) is 17.3 Å². The van der Waals surface area contributed by atoms with E-state index in [1.807, 2.05) is 54.6 Å². The standard InChI is InChI=1S/C24H27N3O2/c1-16-7-3-5-9-21(16)27-24(28)20-15-23(26-22-10-6-4-8-19(20)22)25-17-11-13-18(29-2)14-12-17/h4,6,8,10-16,21H,3,5,7,9H2,1-2H3,(H,25,26)(H,27,28)/t16-,21+/m0/s1. The molecule has 0 spiro atoms. The zero-order valence-electron chi connectivity index (χ0n) is 16.9. The lowest BCUT2D eigenvalue weighted by atomic mass is 9.86. The Morgan fingerprint density at radius 2 is 1.83 bits per heavy atom. The van der Waals surface area contributed by atoms with Gasteiger partial charge in [0.1, 0.15) is 11.6 Å². The third kappa shape index (κ3) is 4.34. The second-order valence-electron chi connectivity index (χ2n) is 7.77. The fraction of sp³-hybridized carbons (Fsp3) is 0.333. The molecule has 0 aliphatic heterocycles. The Hall–Kier alpha value is -3.08. The molecule has 3 aromatic rings. The number of pyridine rings is 1. The van der Waals surface area contributed by atoms with Gasteiger partial charge in [0.05, 0.1) is 18.2 Å². The van der Waals surface area contributed by atoms with Crippen LogP contribution in [0.2, 0.25) is 0 Å². The highest BCUT2D eigenvalue weighted by atomic mass is 16.5. The Morgan fingerprint density at radius 1 is 1.07 bits per heavy atom. The lowest BCUT2D eigenvalue weighted by Crippen LogP contribution is -2.41. The van der Waals surface area contributed by atoms with Crippen LogP contribution in [0.25, 0.3) is 10.9 Å². The highest BCUT2D eigenvalue weighted by molar-refractivity contribution is 6.07. The Balaban J connectivity index is 1.63. The Bertz CT molecular complexity index is 1000. The summed E-state index contributed by atoms with van der Waals surface area (Å²) >= 11 is 0. The molecule has 5 heteroatoms. The summed E-state index contributed by atoms with van der Waals surface area (Å²) in [5.74, 6) is 1.93. The number of hydrogen-bond donors (Lipinski definition) is 2. The molecule has 1 aliphatic rings. The van der Waals surface area contributed by atoms with Crippen LogP contribution in [0.15, 0.2) is 54.6 Å². The summed E-state index contributed by atoms with van der Waals surface area (Å²) < 4.78 is 5.21. The second-order valence-corrected chi connectivity index (χ2v) is 7.77. The normalized spacial score (nSPS) is 19.0. The Labute approximate surface area is 171 Å². The van der Waals surface area contributed by atoms with Gasteiger partial charge in [-0.1, -0.05) is 38.0 Å². The number of methoxy groups -OCH3 is 1. The largest absolute Gasteiger partial charge is 0.497 e. The van der Waals surface area contributed by atoms with Crippen molar-refractivity contribution < 1.29 is 9.53 Å². The molecule has 150 valence electrons. The van der Waals surface area contributed by atoms with Gasteiger partial charge in [-0.3, -0.25) is 4.79 Å². The maximum absolute atomic E-state index is 13.2. The molecular weight excluding hydrogens is 362 g/mol. The summed E-state index contributed by atoms with van der Waals surface area (Å²) in [4.78, 5) is 17.9. The van der Waals surface area contributed by atoms with Crippen LogP contribution in [0.1, 0.15) is 43.0 Å². The molecular formula is C24H27N3O2. The molecule has 1 saturated carbocycles. The van der Waals surface area contributed by atoms with Crippen molar-refractivity contribution in [2.24, 2.45) is 5.92 Å². The van der Waals surface area contributed by atoms with E-state index in [0.717, 1.165) is 28.8 Å². The van der Waals surface area contributed by atoms with Gasteiger partial charge in [-0.25, -0.2) is 4.98 Å². The van der Waals surface area contributed by atoms with Crippen LogP contribution in [0.5, 0.6) is 5.75 Å². The van der Waals surface area contributed by atoms with Gasteiger partial charge in [-0.15, -0.1) is 0 Å². The zero-order valence-corrected chi connectivity index (χ0v) is 16.9. The van der Waals surface area contributed by atoms with Crippen molar-refractivity contribution in [3.05, 3.63) is 60.2 Å². The summed E-state index contributed by atoms with van der Waals surface area (Å²) in [7, 11) is 1.64. The third-order valence-corrected chi connectivity index (χ3v) is 5.75. The first kappa shape index (κ1) is 19.2. The van der Waals surface area contributed by atoms with Gasteiger partial charge in [-0.2, -0.15) is 0 Å². The van der Waals surface area contributed by atoms with Crippen LogP contribution >= 0.6 is 0 Å². The first-order valence-electron chi connectivity index (χ1n) is 10.3. The average Bonchev–Trinajstić information content (AvgIpc) is 2.75. The van der Waals surface area contributed by atoms with E-state index >= 15 is 0 Å². The monoisotopic (exact) mass is 389 g/mol. The van der Waals surface area contributed by atoms with Gasteiger partial charge >= 0.3 is 0 Å². The number of aromatic nitrogens is 1. The van der Waals surface area contributed by atoms with Crippen LogP contribution < -0.4 is 15.4 Å². The number of nitrogens with one attached hydrogen (secondary N) is 2. The van der Waals surface area contributed by atoms with E-state index in [-0.39, 0.29) is 11.9 Å². The van der Waals surface area contributed by atoms with E-state index in [9.17, 15) is 4.79 Å². The summed E-state index contributed by atoms with van der Waals surface area (Å²) in [5, 5.41) is 7.45. The maximum atomic E-state index is 13.2. The SMILES string of the molecule is COc1ccc(Nc2cc(C(=O)N[C@@H]3CCCC[C@@H]3C)c3ccccc3n2)cc1. The Kier molecular flexibility index (Phi) is 5.65. The third-order valence-electron chi connectivity index (χ3n) is 5.75. The maximum Gasteiger partial charge on any atom is 0.252 e. The number of fused-ring (bicyclic) bond motifs is 1. The molecule has 1 fully saturated rings. The summed E-state index contributed by atoms with van der Waals surface area (Å²) in [5.41, 5.74) is 2.35. The first-order chi connectivity index (χ1) is 14.1. The fourth-order valence-electron chi connectivity index (χ4n) is 4.03. The molecule has 0 unspecified atom stereocenters. The number of carbonyl (C=O) groups excluding carboxylic acids is 1. The fourth-order valence-corrected chi connectivity index (χ4v) is 4.03. The predicted octanol–water partition coefficient (Wildman–Crippen LogP) is 5.30. The van der Waals surface area contributed by atoms with Crippen LogP contribution in [0.4, 0.5) is 11.5 Å². The molecule has 2 atom stereocenters. The van der Waals surface area contributed by atoms with Crippen molar-refractivity contribution in [2.45, 2.75) is 38.6 Å². The summed E-state index contributed by atoms with van der Waals surface area (Å²) in [6.45, 7) is 2.23. The topological polar surface area (TPSA) is 63.2 Å². The van der Waals surface area contributed by atoms with Gasteiger partial charge in [0.25, 0.3) is 5.91 Å². The van der Waals surface area contributed by atoms with E-state index in [1.165, 1.54) is 19.3 Å². The van der Waals surface area contributed by atoms with Crippen LogP contribution in [0, 0.1) is 5.92 Å². The number of rotatable bonds is 5. The van der Waals surface area contributed by atoms with E-state index in [1.54, 1.807) is 7.11 Å². The lowest BCUT2D eigenvalue weighted by molar-refractivity contribution is 0.0912. The molecule has 2 N–H and O–H groups in total. The zero-order chi connectivity index (χ0) is 20.2. The minimum Gasteiger partial charge on any atom is -0.497 e. The van der Waals surface area contributed by atoms with Crippen LogP contribution in [-0.4, -0.2) is 24.0 Å². The number of ether oxygens (including phenoxy) is 1. The van der Waals surface area contributed by atoms with Gasteiger partial charge in [0.2, 0.25) is 0 Å². The van der Waals surface area contributed by atoms with Gasteiger partial charge in [-0.05, 0) is 55.2 Å². The molecule has 1 aromatic heterocycles. The minimum absolute atomic E-state index is 0.0277. The molecule has 29 heavy (non-hydrogen) atoms. The quantitative estimate of drug-likeness (QED) is 0.622. The average molecular weight is 389 g/mol. The van der Waals surface area contributed by atoms with Gasteiger partial charge < -0.3 is 15.4 Å². The molecule has 0 radical (unpaired) electrons. The van der Waals surface area contributed by atoms with E-state index < -0.39 is 0 Å². The molecule has 0 bridgehead atoms. The molecule has 4 rings (SSSR count). The molecule has 1 aliphatic carbocycles. The summed E-state index contributed by atoms with van der Waals surface area (Å²) in [6, 6.07) is 17.5. The van der Waals surface area contributed by atoms with Crippen molar-refractivity contribution in [3.8, 4) is 5.75 Å². The Morgan fingerprint density at radius 3 is 2.59 bits per heavy atom. The number of nitrogens with zero attached hydrogens (tertiary/aromatic N) is 1. The number of anilines is 2. The minimum atomic E-state index is -0.0277. The molecule has 2 aromatic carbocycles. The van der Waals surface area contributed by atoms with Crippen molar-refractivity contribution >= 4 is 28.3 Å². The van der Waals surface area contributed by atoms with Crippen molar-refractivity contribution in [1.29, 1.82) is 0 Å².